The second kappa shape index (κ2) is 5.11. The maximum absolute atomic E-state index is 4.65. The highest BCUT2D eigenvalue weighted by Crippen LogP contribution is 2.27. The van der Waals surface area contributed by atoms with E-state index in [1.165, 1.54) is 0 Å². The summed E-state index contributed by atoms with van der Waals surface area (Å²) in [7, 11) is 3.75. The molecule has 0 aliphatic heterocycles. The normalized spacial score (nSPS) is 11.5. The van der Waals surface area contributed by atoms with Crippen LogP contribution in [0.2, 0.25) is 0 Å². The number of nitrogens with one attached hydrogen (secondary N) is 2. The molecule has 0 amide bonds. The molecule has 20 heavy (non-hydrogen) atoms. The Morgan fingerprint density at radius 2 is 1.80 bits per heavy atom. The predicted octanol–water partition coefficient (Wildman–Crippen LogP) is 2.60. The molecule has 2 N–H and O–H groups in total. The van der Waals surface area contributed by atoms with E-state index in [0.29, 0.717) is 0 Å². The molecule has 0 aromatic carbocycles. The van der Waals surface area contributed by atoms with Crippen molar-refractivity contribution in [2.45, 2.75) is 33.1 Å². The van der Waals surface area contributed by atoms with Crippen molar-refractivity contribution in [3.05, 3.63) is 23.7 Å². The molecule has 0 fully saturated rings. The third-order valence-corrected chi connectivity index (χ3v) is 3.01. The number of hydrogen-bond acceptors (Lipinski definition) is 5. The van der Waals surface area contributed by atoms with Gasteiger partial charge in [-0.15, -0.1) is 0 Å². The van der Waals surface area contributed by atoms with Crippen molar-refractivity contribution in [1.82, 2.24) is 19.7 Å². The summed E-state index contributed by atoms with van der Waals surface area (Å²) in [5.74, 6) is 3.19. The van der Waals surface area contributed by atoms with Crippen molar-refractivity contribution >= 4 is 17.5 Å². The lowest BCUT2D eigenvalue weighted by Crippen LogP contribution is -2.19. The third-order valence-electron chi connectivity index (χ3n) is 3.01. The van der Waals surface area contributed by atoms with Crippen molar-refractivity contribution in [3.8, 4) is 0 Å². The van der Waals surface area contributed by atoms with Gasteiger partial charge >= 0.3 is 0 Å². The Morgan fingerprint density at radius 1 is 1.15 bits per heavy atom. The SMILES string of the molecule is CNc1nc(C(C)(C)C)nc(Nc2ccn(C)n2)c1C. The van der Waals surface area contributed by atoms with Crippen molar-refractivity contribution in [2.75, 3.05) is 17.7 Å². The van der Waals surface area contributed by atoms with E-state index >= 15 is 0 Å². The number of aromatic nitrogens is 4. The molecular formula is C14H22N6. The average molecular weight is 274 g/mol. The van der Waals surface area contributed by atoms with Crippen molar-refractivity contribution in [2.24, 2.45) is 7.05 Å². The van der Waals surface area contributed by atoms with Crippen LogP contribution < -0.4 is 10.6 Å². The lowest BCUT2D eigenvalue weighted by molar-refractivity contribution is 0.546. The molecule has 6 nitrogen and oxygen atoms in total. The summed E-state index contributed by atoms with van der Waals surface area (Å²) in [5, 5.41) is 10.7. The molecule has 0 aliphatic carbocycles. The lowest BCUT2D eigenvalue weighted by atomic mass is 9.95. The van der Waals surface area contributed by atoms with E-state index < -0.39 is 0 Å². The first-order valence-electron chi connectivity index (χ1n) is 6.65. The minimum absolute atomic E-state index is 0.111. The zero-order valence-corrected chi connectivity index (χ0v) is 12.9. The van der Waals surface area contributed by atoms with Crippen LogP contribution in [0.15, 0.2) is 12.3 Å². The third kappa shape index (κ3) is 2.89. The van der Waals surface area contributed by atoms with Crippen LogP contribution in [0.25, 0.3) is 0 Å². The van der Waals surface area contributed by atoms with Crippen LogP contribution in [-0.2, 0) is 12.5 Å². The highest BCUT2D eigenvalue weighted by atomic mass is 15.3. The molecule has 0 spiro atoms. The molecule has 0 aliphatic rings. The largest absolute Gasteiger partial charge is 0.373 e. The van der Waals surface area contributed by atoms with E-state index in [9.17, 15) is 0 Å². The molecule has 0 saturated heterocycles. The molecule has 6 heteroatoms. The number of nitrogens with zero attached hydrogens (tertiary/aromatic N) is 4. The first-order chi connectivity index (χ1) is 9.31. The summed E-state index contributed by atoms with van der Waals surface area (Å²) in [5.41, 5.74) is 0.867. The van der Waals surface area contributed by atoms with E-state index in [2.05, 4.69) is 46.5 Å². The molecule has 108 valence electrons. The summed E-state index contributed by atoms with van der Waals surface area (Å²) >= 11 is 0. The van der Waals surface area contributed by atoms with Crippen molar-refractivity contribution < 1.29 is 0 Å². The molecule has 2 heterocycles. The number of anilines is 3. The fourth-order valence-electron chi connectivity index (χ4n) is 1.82. The quantitative estimate of drug-likeness (QED) is 0.900. The maximum atomic E-state index is 4.65. The van der Waals surface area contributed by atoms with Gasteiger partial charge in [0.1, 0.15) is 17.5 Å². The fraction of sp³-hybridized carbons (Fsp3) is 0.500. The summed E-state index contributed by atoms with van der Waals surface area (Å²) < 4.78 is 1.75. The molecule has 0 saturated carbocycles. The van der Waals surface area contributed by atoms with Gasteiger partial charge in [-0.2, -0.15) is 5.10 Å². The Balaban J connectivity index is 2.45. The zero-order valence-electron chi connectivity index (χ0n) is 12.9. The Labute approximate surface area is 119 Å². The highest BCUT2D eigenvalue weighted by Gasteiger charge is 2.21. The molecule has 0 atom stereocenters. The van der Waals surface area contributed by atoms with Crippen LogP contribution in [0, 0.1) is 6.92 Å². The Bertz CT molecular complexity index is 609. The van der Waals surface area contributed by atoms with E-state index in [1.54, 1.807) is 4.68 Å². The smallest absolute Gasteiger partial charge is 0.153 e. The maximum Gasteiger partial charge on any atom is 0.153 e. The number of aryl methyl sites for hydroxylation is 1. The van der Waals surface area contributed by atoms with Crippen LogP contribution in [0.1, 0.15) is 32.2 Å². The second-order valence-corrected chi connectivity index (χ2v) is 5.87. The fourth-order valence-corrected chi connectivity index (χ4v) is 1.82. The minimum atomic E-state index is -0.111. The zero-order chi connectivity index (χ0) is 14.9. The van der Waals surface area contributed by atoms with Crippen molar-refractivity contribution in [1.29, 1.82) is 0 Å². The van der Waals surface area contributed by atoms with E-state index in [-0.39, 0.29) is 5.41 Å². The monoisotopic (exact) mass is 274 g/mol. The van der Waals surface area contributed by atoms with Crippen molar-refractivity contribution in [3.63, 3.8) is 0 Å². The Hall–Kier alpha value is -2.11. The first-order valence-corrected chi connectivity index (χ1v) is 6.65. The van der Waals surface area contributed by atoms with Crippen LogP contribution in [0.3, 0.4) is 0 Å². The molecular weight excluding hydrogens is 252 g/mol. The van der Waals surface area contributed by atoms with Gasteiger partial charge in [0, 0.05) is 37.3 Å². The van der Waals surface area contributed by atoms with Gasteiger partial charge in [0.2, 0.25) is 0 Å². The van der Waals surface area contributed by atoms with E-state index in [4.69, 9.17) is 0 Å². The molecule has 0 radical (unpaired) electrons. The summed E-state index contributed by atoms with van der Waals surface area (Å²) in [6.07, 6.45) is 1.89. The highest BCUT2D eigenvalue weighted by molar-refractivity contribution is 5.62. The predicted molar refractivity (Wildman–Crippen MR) is 81.5 cm³/mol. The Morgan fingerprint density at radius 3 is 2.30 bits per heavy atom. The topological polar surface area (TPSA) is 67.7 Å². The van der Waals surface area contributed by atoms with Gasteiger partial charge in [0.05, 0.1) is 0 Å². The van der Waals surface area contributed by atoms with Gasteiger partial charge in [0.25, 0.3) is 0 Å². The van der Waals surface area contributed by atoms with E-state index in [1.807, 2.05) is 33.3 Å². The van der Waals surface area contributed by atoms with Gasteiger partial charge in [-0.05, 0) is 6.92 Å². The van der Waals surface area contributed by atoms with Gasteiger partial charge in [-0.3, -0.25) is 4.68 Å². The standard InChI is InChI=1S/C14H22N6/c1-9-11(15-5)17-13(14(2,3)4)18-12(9)16-10-7-8-20(6)19-10/h7-8H,1-6H3,(H2,15,16,17,18,19). The second-order valence-electron chi connectivity index (χ2n) is 5.87. The van der Waals surface area contributed by atoms with Crippen LogP contribution in [0.5, 0.6) is 0 Å². The number of rotatable bonds is 3. The summed E-state index contributed by atoms with van der Waals surface area (Å²) in [4.78, 5) is 9.23. The Kier molecular flexibility index (Phi) is 3.65. The minimum Gasteiger partial charge on any atom is -0.373 e. The summed E-state index contributed by atoms with van der Waals surface area (Å²) in [6.45, 7) is 8.29. The molecule has 2 aromatic rings. The molecule has 2 aromatic heterocycles. The van der Waals surface area contributed by atoms with Gasteiger partial charge in [-0.1, -0.05) is 20.8 Å². The molecule has 2 rings (SSSR count). The lowest BCUT2D eigenvalue weighted by Gasteiger charge is -2.20. The first kappa shape index (κ1) is 14.3. The van der Waals surface area contributed by atoms with Gasteiger partial charge in [0.15, 0.2) is 5.82 Å². The molecule has 0 bridgehead atoms. The van der Waals surface area contributed by atoms with E-state index in [0.717, 1.165) is 28.8 Å². The molecule has 0 unspecified atom stereocenters. The van der Waals surface area contributed by atoms with Crippen LogP contribution in [-0.4, -0.2) is 26.8 Å². The summed E-state index contributed by atoms with van der Waals surface area (Å²) in [6, 6.07) is 1.91. The average Bonchev–Trinajstić information content (AvgIpc) is 2.76. The van der Waals surface area contributed by atoms with Crippen LogP contribution >= 0.6 is 0 Å². The van der Waals surface area contributed by atoms with Gasteiger partial charge < -0.3 is 10.6 Å². The van der Waals surface area contributed by atoms with Crippen LogP contribution in [0.4, 0.5) is 17.5 Å². The van der Waals surface area contributed by atoms with Gasteiger partial charge in [-0.25, -0.2) is 9.97 Å². The number of hydrogen-bond donors (Lipinski definition) is 2.